The zero-order valence-corrected chi connectivity index (χ0v) is 16.2. The Kier molecular flexibility index (Phi) is 6.84. The molecule has 142 valence electrons. The van der Waals surface area contributed by atoms with Gasteiger partial charge in [-0.25, -0.2) is 9.78 Å². The molecular weight excluding hydrogens is 400 g/mol. The molecule has 1 aromatic heterocycles. The first kappa shape index (κ1) is 19.7. The average molecular weight is 415 g/mol. The van der Waals surface area contributed by atoms with Crippen molar-refractivity contribution < 1.29 is 19.0 Å². The number of benzene rings is 2. The number of carbonyl (C=O) groups excluding carboxylic acids is 1. The predicted molar refractivity (Wildman–Crippen MR) is 104 cm³/mol. The molecule has 2 aromatic carbocycles. The molecule has 0 aliphatic carbocycles. The predicted octanol–water partition coefficient (Wildman–Crippen LogP) is 4.37. The van der Waals surface area contributed by atoms with Crippen LogP contribution in [0.5, 0.6) is 11.5 Å². The van der Waals surface area contributed by atoms with Crippen LogP contribution in [0, 0.1) is 11.3 Å². The number of hydrogen-bond donors (Lipinski definition) is 0. The van der Waals surface area contributed by atoms with Gasteiger partial charge in [0, 0.05) is 10.4 Å². The molecule has 1 heterocycles. The number of rotatable bonds is 8. The lowest BCUT2D eigenvalue weighted by molar-refractivity contribution is -0.147. The molecule has 8 heteroatoms. The highest BCUT2D eigenvalue weighted by Gasteiger charge is 2.08. The van der Waals surface area contributed by atoms with Crippen LogP contribution < -0.4 is 9.47 Å². The molecule has 0 bridgehead atoms. The van der Waals surface area contributed by atoms with Gasteiger partial charge in [-0.15, -0.1) is 11.3 Å². The summed E-state index contributed by atoms with van der Waals surface area (Å²) >= 11 is 7.26. The number of ether oxygens (including phenoxy) is 3. The van der Waals surface area contributed by atoms with Crippen LogP contribution in [-0.4, -0.2) is 17.6 Å². The van der Waals surface area contributed by atoms with Gasteiger partial charge in [-0.1, -0.05) is 11.6 Å². The second kappa shape index (κ2) is 9.74. The average Bonchev–Trinajstić information content (AvgIpc) is 3.18. The fourth-order valence-corrected chi connectivity index (χ4v) is 2.94. The molecule has 3 aromatic rings. The highest BCUT2D eigenvalue weighted by atomic mass is 35.5. The zero-order valence-electron chi connectivity index (χ0n) is 14.6. The number of carbonyl (C=O) groups is 1. The van der Waals surface area contributed by atoms with Crippen molar-refractivity contribution in [3.63, 3.8) is 0 Å². The maximum absolute atomic E-state index is 11.8. The summed E-state index contributed by atoms with van der Waals surface area (Å²) < 4.78 is 16.1. The number of thiazole rings is 1. The SMILES string of the molecule is N#Cc1ccc(OCC(=O)OCc2csc(COc3ccc(Cl)cc3)n2)cc1. The van der Waals surface area contributed by atoms with E-state index in [0.29, 0.717) is 34.4 Å². The van der Waals surface area contributed by atoms with E-state index in [1.54, 1.807) is 48.5 Å². The first-order valence-electron chi connectivity index (χ1n) is 8.22. The van der Waals surface area contributed by atoms with Crippen molar-refractivity contribution in [2.45, 2.75) is 13.2 Å². The van der Waals surface area contributed by atoms with Crippen molar-refractivity contribution in [2.24, 2.45) is 0 Å². The summed E-state index contributed by atoms with van der Waals surface area (Å²) in [4.78, 5) is 16.2. The molecule has 0 saturated carbocycles. The Morgan fingerprint density at radius 1 is 1.04 bits per heavy atom. The molecule has 28 heavy (non-hydrogen) atoms. The minimum atomic E-state index is -0.503. The third kappa shape index (κ3) is 5.98. The van der Waals surface area contributed by atoms with Crippen LogP contribution in [0.1, 0.15) is 16.3 Å². The first-order chi connectivity index (χ1) is 13.6. The monoisotopic (exact) mass is 414 g/mol. The van der Waals surface area contributed by atoms with E-state index in [0.717, 1.165) is 5.01 Å². The summed E-state index contributed by atoms with van der Waals surface area (Å²) in [6.07, 6.45) is 0. The van der Waals surface area contributed by atoms with E-state index in [2.05, 4.69) is 4.98 Å². The van der Waals surface area contributed by atoms with Crippen LogP contribution in [0.4, 0.5) is 0 Å². The maximum Gasteiger partial charge on any atom is 0.344 e. The molecule has 0 fully saturated rings. The smallest absolute Gasteiger partial charge is 0.344 e. The summed E-state index contributed by atoms with van der Waals surface area (Å²) in [6, 6.07) is 15.6. The number of nitriles is 1. The molecule has 0 N–H and O–H groups in total. The van der Waals surface area contributed by atoms with Gasteiger partial charge < -0.3 is 14.2 Å². The molecule has 0 aliphatic heterocycles. The van der Waals surface area contributed by atoms with Gasteiger partial charge in [-0.05, 0) is 48.5 Å². The molecule has 0 radical (unpaired) electrons. The normalized spacial score (nSPS) is 10.1. The topological polar surface area (TPSA) is 81.4 Å². The van der Waals surface area contributed by atoms with Crippen LogP contribution >= 0.6 is 22.9 Å². The molecule has 0 saturated heterocycles. The molecule has 0 unspecified atom stereocenters. The highest BCUT2D eigenvalue weighted by molar-refractivity contribution is 7.09. The van der Waals surface area contributed by atoms with Gasteiger partial charge in [-0.2, -0.15) is 5.26 Å². The van der Waals surface area contributed by atoms with E-state index in [1.807, 2.05) is 11.4 Å². The molecule has 0 atom stereocenters. The summed E-state index contributed by atoms with van der Waals surface area (Å²) in [5, 5.41) is 12.0. The quantitative estimate of drug-likeness (QED) is 0.509. The number of hydrogen-bond acceptors (Lipinski definition) is 7. The van der Waals surface area contributed by atoms with Crippen molar-refractivity contribution >= 4 is 28.9 Å². The number of aromatic nitrogens is 1. The minimum absolute atomic E-state index is 0.0625. The standard InChI is InChI=1S/C20H15ClN2O4S/c21-15-3-7-18(8-4-15)25-11-19-23-16(13-28-19)10-27-20(24)12-26-17-5-1-14(9-22)2-6-17/h1-8,13H,10-12H2. The molecule has 0 amide bonds. The van der Waals surface area contributed by atoms with Crippen molar-refractivity contribution in [1.29, 1.82) is 5.26 Å². The van der Waals surface area contributed by atoms with Gasteiger partial charge in [0.15, 0.2) is 6.61 Å². The summed E-state index contributed by atoms with van der Waals surface area (Å²) in [5.41, 5.74) is 1.17. The van der Waals surface area contributed by atoms with Crippen LogP contribution in [0.15, 0.2) is 53.9 Å². The lowest BCUT2D eigenvalue weighted by Crippen LogP contribution is -2.14. The third-order valence-electron chi connectivity index (χ3n) is 3.50. The zero-order chi connectivity index (χ0) is 19.8. The van der Waals surface area contributed by atoms with Crippen molar-refractivity contribution in [1.82, 2.24) is 4.98 Å². The van der Waals surface area contributed by atoms with Crippen LogP contribution in [-0.2, 0) is 22.7 Å². The Hall–Kier alpha value is -3.08. The van der Waals surface area contributed by atoms with E-state index in [9.17, 15) is 4.79 Å². The van der Waals surface area contributed by atoms with Crippen molar-refractivity contribution in [2.75, 3.05) is 6.61 Å². The minimum Gasteiger partial charge on any atom is -0.486 e. The highest BCUT2D eigenvalue weighted by Crippen LogP contribution is 2.18. The molecule has 0 spiro atoms. The summed E-state index contributed by atoms with van der Waals surface area (Å²) in [5.74, 6) is 0.690. The largest absolute Gasteiger partial charge is 0.486 e. The summed E-state index contributed by atoms with van der Waals surface area (Å²) in [6.45, 7) is 0.164. The molecule has 0 aliphatic rings. The van der Waals surface area contributed by atoms with E-state index >= 15 is 0 Å². The van der Waals surface area contributed by atoms with Crippen LogP contribution in [0.3, 0.4) is 0 Å². The number of nitrogens with zero attached hydrogens (tertiary/aromatic N) is 2. The molecule has 3 rings (SSSR count). The molecule has 6 nitrogen and oxygen atoms in total. The Balaban J connectivity index is 1.40. The maximum atomic E-state index is 11.8. The Morgan fingerprint density at radius 2 is 1.71 bits per heavy atom. The van der Waals surface area contributed by atoms with E-state index in [4.69, 9.17) is 31.1 Å². The van der Waals surface area contributed by atoms with Crippen LogP contribution in [0.2, 0.25) is 5.02 Å². The fourth-order valence-electron chi connectivity index (χ4n) is 2.12. The van der Waals surface area contributed by atoms with Gasteiger partial charge in [0.1, 0.15) is 29.7 Å². The lowest BCUT2D eigenvalue weighted by Gasteiger charge is -2.06. The van der Waals surface area contributed by atoms with E-state index in [1.165, 1.54) is 11.3 Å². The van der Waals surface area contributed by atoms with Crippen LogP contribution in [0.25, 0.3) is 0 Å². The van der Waals surface area contributed by atoms with E-state index in [-0.39, 0.29) is 13.2 Å². The fraction of sp³-hybridized carbons (Fsp3) is 0.150. The third-order valence-corrected chi connectivity index (χ3v) is 4.62. The Bertz CT molecular complexity index is 965. The number of halogens is 1. The van der Waals surface area contributed by atoms with Gasteiger partial charge >= 0.3 is 5.97 Å². The second-order valence-electron chi connectivity index (χ2n) is 5.56. The first-order valence-corrected chi connectivity index (χ1v) is 9.48. The summed E-state index contributed by atoms with van der Waals surface area (Å²) in [7, 11) is 0. The van der Waals surface area contributed by atoms with Gasteiger partial charge in [0.2, 0.25) is 0 Å². The lowest BCUT2D eigenvalue weighted by atomic mass is 10.2. The van der Waals surface area contributed by atoms with Gasteiger partial charge in [0.25, 0.3) is 0 Å². The number of esters is 1. The molecular formula is C20H15ClN2O4S. The Morgan fingerprint density at radius 3 is 2.43 bits per heavy atom. The van der Waals surface area contributed by atoms with Gasteiger partial charge in [-0.3, -0.25) is 0 Å². The Labute approximate surface area is 170 Å². The van der Waals surface area contributed by atoms with Crippen molar-refractivity contribution in [3.05, 3.63) is 75.2 Å². The van der Waals surface area contributed by atoms with Gasteiger partial charge in [0.05, 0.1) is 17.3 Å². The second-order valence-corrected chi connectivity index (χ2v) is 6.94. The van der Waals surface area contributed by atoms with Crippen molar-refractivity contribution in [3.8, 4) is 17.6 Å². The van der Waals surface area contributed by atoms with E-state index < -0.39 is 5.97 Å².